The Morgan fingerprint density at radius 2 is 1.76 bits per heavy atom. The topological polar surface area (TPSA) is 83.6 Å². The minimum Gasteiger partial charge on any atom is -0.324 e. The molecule has 1 aliphatic rings. The van der Waals surface area contributed by atoms with Crippen LogP contribution in [0, 0.1) is 6.92 Å². The van der Waals surface area contributed by atoms with Crippen LogP contribution < -0.4 is 5.32 Å². The molecule has 0 aliphatic carbocycles. The highest BCUT2D eigenvalue weighted by atomic mass is 32.2. The first-order valence-corrected chi connectivity index (χ1v) is 11.3. The Balaban J connectivity index is 1.77. The maximum Gasteiger partial charge on any atom is 0.267 e. The summed E-state index contributed by atoms with van der Waals surface area (Å²) in [5.74, 6) is -1.05. The van der Waals surface area contributed by atoms with Gasteiger partial charge in [0.25, 0.3) is 10.0 Å². The van der Waals surface area contributed by atoms with E-state index in [-0.39, 0.29) is 17.7 Å². The van der Waals surface area contributed by atoms with E-state index in [9.17, 15) is 18.0 Å². The summed E-state index contributed by atoms with van der Waals surface area (Å²) in [6, 6.07) is 12.7. The quantitative estimate of drug-likeness (QED) is 0.749. The van der Waals surface area contributed by atoms with Crippen molar-refractivity contribution in [3.63, 3.8) is 0 Å². The van der Waals surface area contributed by atoms with Crippen molar-refractivity contribution >= 4 is 27.5 Å². The van der Waals surface area contributed by atoms with Gasteiger partial charge in [-0.25, -0.2) is 12.7 Å². The van der Waals surface area contributed by atoms with Crippen molar-refractivity contribution in [3.8, 4) is 0 Å². The highest BCUT2D eigenvalue weighted by Crippen LogP contribution is 2.28. The number of carbonyl (C=O) groups excluding carboxylic acids is 2. The molecule has 0 bridgehead atoms. The Hall–Kier alpha value is -2.67. The molecule has 154 valence electrons. The predicted octanol–water partition coefficient (Wildman–Crippen LogP) is 3.66. The van der Waals surface area contributed by atoms with Crippen LogP contribution in [0.3, 0.4) is 0 Å². The second-order valence-corrected chi connectivity index (χ2v) is 9.17. The second kappa shape index (κ2) is 8.78. The van der Waals surface area contributed by atoms with Gasteiger partial charge in [-0.05, 0) is 56.0 Å². The van der Waals surface area contributed by atoms with Gasteiger partial charge in [0.1, 0.15) is 6.04 Å². The molecule has 29 heavy (non-hydrogen) atoms. The summed E-state index contributed by atoms with van der Waals surface area (Å²) in [4.78, 5) is 25.1. The molecule has 1 heterocycles. The van der Waals surface area contributed by atoms with Crippen molar-refractivity contribution in [2.24, 2.45) is 0 Å². The van der Waals surface area contributed by atoms with Crippen LogP contribution in [0.1, 0.15) is 43.7 Å². The number of hydrogen-bond donors (Lipinski definition) is 1. The lowest BCUT2D eigenvalue weighted by Gasteiger charge is -2.23. The average Bonchev–Trinajstić information content (AvgIpc) is 3.10. The van der Waals surface area contributed by atoms with Crippen LogP contribution in [0.5, 0.6) is 0 Å². The number of carbonyl (C=O) groups is 2. The van der Waals surface area contributed by atoms with Gasteiger partial charge in [0.15, 0.2) is 0 Å². The smallest absolute Gasteiger partial charge is 0.267 e. The minimum atomic E-state index is -4.09. The van der Waals surface area contributed by atoms with Crippen molar-refractivity contribution in [2.45, 2.75) is 56.9 Å². The number of benzene rings is 2. The molecular formula is C22H26N2O4S. The van der Waals surface area contributed by atoms with Crippen LogP contribution in [0.15, 0.2) is 53.4 Å². The molecule has 2 aromatic carbocycles. The van der Waals surface area contributed by atoms with E-state index in [2.05, 4.69) is 12.2 Å². The zero-order valence-electron chi connectivity index (χ0n) is 16.7. The summed E-state index contributed by atoms with van der Waals surface area (Å²) in [7, 11) is -4.09. The molecule has 0 saturated carbocycles. The van der Waals surface area contributed by atoms with Gasteiger partial charge >= 0.3 is 0 Å². The van der Waals surface area contributed by atoms with Crippen molar-refractivity contribution in [1.82, 2.24) is 4.31 Å². The lowest BCUT2D eigenvalue weighted by atomic mass is 10.1. The van der Waals surface area contributed by atoms with E-state index in [0.29, 0.717) is 5.69 Å². The minimum absolute atomic E-state index is 0.0106. The molecule has 1 fully saturated rings. The molecule has 1 aliphatic heterocycles. The van der Waals surface area contributed by atoms with Crippen LogP contribution in [0.4, 0.5) is 5.69 Å². The first-order chi connectivity index (χ1) is 13.8. The highest BCUT2D eigenvalue weighted by Gasteiger charge is 2.44. The number of sulfonamides is 1. The molecule has 2 aromatic rings. The summed E-state index contributed by atoms with van der Waals surface area (Å²) in [6.07, 6.45) is 3.38. The number of nitrogens with one attached hydrogen (secondary N) is 1. The Morgan fingerprint density at radius 1 is 1.10 bits per heavy atom. The average molecular weight is 415 g/mol. The van der Waals surface area contributed by atoms with Crippen LogP contribution in [0.25, 0.3) is 0 Å². The summed E-state index contributed by atoms with van der Waals surface area (Å²) in [6.45, 7) is 3.98. The fourth-order valence-corrected chi connectivity index (χ4v) is 4.99. The van der Waals surface area contributed by atoms with Gasteiger partial charge in [0, 0.05) is 12.1 Å². The number of amides is 2. The molecule has 1 N–H and O–H groups in total. The molecule has 0 radical (unpaired) electrons. The third-order valence-corrected chi connectivity index (χ3v) is 6.93. The Kier molecular flexibility index (Phi) is 6.37. The zero-order chi connectivity index (χ0) is 21.0. The SMILES string of the molecule is CCCCc1ccc(NC(=O)[C@H]2CCC(=O)N2S(=O)(=O)c2ccc(C)cc2)cc1. The van der Waals surface area contributed by atoms with Gasteiger partial charge in [0.2, 0.25) is 11.8 Å². The van der Waals surface area contributed by atoms with E-state index < -0.39 is 27.9 Å². The Bertz CT molecular complexity index is 982. The molecule has 0 aromatic heterocycles. The van der Waals surface area contributed by atoms with E-state index in [4.69, 9.17) is 0 Å². The van der Waals surface area contributed by atoms with Crippen LogP contribution in [-0.2, 0) is 26.0 Å². The first-order valence-electron chi connectivity index (χ1n) is 9.86. The van der Waals surface area contributed by atoms with Gasteiger partial charge in [-0.3, -0.25) is 9.59 Å². The maximum atomic E-state index is 13.0. The summed E-state index contributed by atoms with van der Waals surface area (Å²) >= 11 is 0. The molecule has 3 rings (SSSR count). The lowest BCUT2D eigenvalue weighted by molar-refractivity contribution is -0.128. The molecule has 1 saturated heterocycles. The molecule has 2 amide bonds. The largest absolute Gasteiger partial charge is 0.324 e. The fourth-order valence-electron chi connectivity index (χ4n) is 3.39. The number of nitrogens with zero attached hydrogens (tertiary/aromatic N) is 1. The standard InChI is InChI=1S/C22H26N2O4S/c1-3-4-5-17-8-10-18(11-9-17)23-22(26)20-14-15-21(25)24(20)29(27,28)19-12-6-16(2)7-13-19/h6-13,20H,3-5,14-15H2,1-2H3,(H,23,26)/t20-/m1/s1. The van der Waals surface area contributed by atoms with Crippen LogP contribution in [0.2, 0.25) is 0 Å². The van der Waals surface area contributed by atoms with Gasteiger partial charge in [0.05, 0.1) is 4.90 Å². The van der Waals surface area contributed by atoms with Gasteiger partial charge in [-0.2, -0.15) is 0 Å². The number of unbranched alkanes of at least 4 members (excludes halogenated alkanes) is 1. The number of hydrogen-bond acceptors (Lipinski definition) is 4. The second-order valence-electron chi connectivity index (χ2n) is 7.35. The summed E-state index contributed by atoms with van der Waals surface area (Å²) in [5, 5.41) is 2.75. The van der Waals surface area contributed by atoms with E-state index in [1.54, 1.807) is 24.3 Å². The predicted molar refractivity (Wildman–Crippen MR) is 112 cm³/mol. The molecule has 0 unspecified atom stereocenters. The van der Waals surface area contributed by atoms with Crippen LogP contribution in [-0.4, -0.2) is 30.6 Å². The molecular weight excluding hydrogens is 388 g/mol. The third kappa shape index (κ3) is 4.67. The normalized spacial score (nSPS) is 16.8. The van der Waals surface area contributed by atoms with Gasteiger partial charge in [-0.1, -0.05) is 43.2 Å². The van der Waals surface area contributed by atoms with Gasteiger partial charge in [-0.15, -0.1) is 0 Å². The van der Waals surface area contributed by atoms with E-state index in [0.717, 1.165) is 29.1 Å². The van der Waals surface area contributed by atoms with Crippen molar-refractivity contribution < 1.29 is 18.0 Å². The Morgan fingerprint density at radius 3 is 2.38 bits per heavy atom. The van der Waals surface area contributed by atoms with E-state index in [1.165, 1.54) is 17.7 Å². The van der Waals surface area contributed by atoms with Crippen LogP contribution >= 0.6 is 0 Å². The monoisotopic (exact) mass is 414 g/mol. The summed E-state index contributed by atoms with van der Waals surface area (Å²) < 4.78 is 26.7. The molecule has 1 atom stereocenters. The third-order valence-electron chi connectivity index (χ3n) is 5.08. The van der Waals surface area contributed by atoms with E-state index >= 15 is 0 Å². The van der Waals surface area contributed by atoms with Crippen molar-refractivity contribution in [2.75, 3.05) is 5.32 Å². The fraction of sp³-hybridized carbons (Fsp3) is 0.364. The highest BCUT2D eigenvalue weighted by molar-refractivity contribution is 7.89. The molecule has 0 spiro atoms. The maximum absolute atomic E-state index is 13.0. The van der Waals surface area contributed by atoms with Gasteiger partial charge < -0.3 is 5.32 Å². The Labute approximate surface area is 172 Å². The van der Waals surface area contributed by atoms with Crippen molar-refractivity contribution in [3.05, 3.63) is 59.7 Å². The first kappa shape index (κ1) is 21.0. The summed E-state index contributed by atoms with van der Waals surface area (Å²) in [5.41, 5.74) is 2.68. The number of anilines is 1. The number of rotatable bonds is 7. The van der Waals surface area contributed by atoms with Crippen molar-refractivity contribution in [1.29, 1.82) is 0 Å². The molecule has 6 nitrogen and oxygen atoms in total. The lowest BCUT2D eigenvalue weighted by Crippen LogP contribution is -2.45. The number of aryl methyl sites for hydroxylation is 2. The zero-order valence-corrected chi connectivity index (χ0v) is 17.5. The molecule has 7 heteroatoms. The van der Waals surface area contributed by atoms with E-state index in [1.807, 2.05) is 19.1 Å².